The number of hydrogen-bond donors (Lipinski definition) is 2. The van der Waals surface area contributed by atoms with E-state index in [1.54, 1.807) is 13.8 Å². The minimum atomic E-state index is -0.553. The SMILES string of the molecule is CC(NC(=O)[C@@H](C)N)c1nc(C(C)(C)C)no1. The Morgan fingerprint density at radius 1 is 1.41 bits per heavy atom. The van der Waals surface area contributed by atoms with E-state index in [2.05, 4.69) is 15.5 Å². The molecule has 1 aromatic heterocycles. The lowest BCUT2D eigenvalue weighted by Gasteiger charge is -2.12. The number of aromatic nitrogens is 2. The first-order valence-electron chi connectivity index (χ1n) is 5.62. The number of amides is 1. The Morgan fingerprint density at radius 2 is 2.00 bits per heavy atom. The lowest BCUT2D eigenvalue weighted by molar-refractivity contribution is -0.122. The van der Waals surface area contributed by atoms with Crippen LogP contribution in [0.3, 0.4) is 0 Å². The maximum absolute atomic E-state index is 11.4. The molecule has 0 aliphatic rings. The molecule has 0 aliphatic heterocycles. The van der Waals surface area contributed by atoms with Crippen molar-refractivity contribution in [2.75, 3.05) is 0 Å². The molecule has 1 heterocycles. The van der Waals surface area contributed by atoms with Gasteiger partial charge in [0.2, 0.25) is 11.8 Å². The van der Waals surface area contributed by atoms with Crippen LogP contribution in [0.25, 0.3) is 0 Å². The van der Waals surface area contributed by atoms with Crippen LogP contribution in [0.2, 0.25) is 0 Å². The maximum atomic E-state index is 11.4. The zero-order valence-corrected chi connectivity index (χ0v) is 10.9. The third-order valence-electron chi connectivity index (χ3n) is 2.26. The van der Waals surface area contributed by atoms with E-state index in [1.165, 1.54) is 0 Å². The molecule has 0 bridgehead atoms. The van der Waals surface area contributed by atoms with Gasteiger partial charge in [0, 0.05) is 5.41 Å². The Labute approximate surface area is 101 Å². The van der Waals surface area contributed by atoms with Gasteiger partial charge in [0.25, 0.3) is 0 Å². The van der Waals surface area contributed by atoms with Crippen LogP contribution in [-0.2, 0) is 10.2 Å². The second kappa shape index (κ2) is 4.83. The molecule has 1 unspecified atom stereocenters. The summed E-state index contributed by atoms with van der Waals surface area (Å²) >= 11 is 0. The zero-order chi connectivity index (χ0) is 13.2. The van der Waals surface area contributed by atoms with Gasteiger partial charge in [-0.05, 0) is 13.8 Å². The van der Waals surface area contributed by atoms with E-state index in [9.17, 15) is 4.79 Å². The molecule has 2 atom stereocenters. The smallest absolute Gasteiger partial charge is 0.248 e. The highest BCUT2D eigenvalue weighted by molar-refractivity contribution is 5.81. The Bertz CT molecular complexity index is 392. The Morgan fingerprint density at radius 3 is 2.41 bits per heavy atom. The Kier molecular flexibility index (Phi) is 3.87. The van der Waals surface area contributed by atoms with Crippen molar-refractivity contribution in [1.29, 1.82) is 0 Å². The third-order valence-corrected chi connectivity index (χ3v) is 2.26. The molecular weight excluding hydrogens is 220 g/mol. The van der Waals surface area contributed by atoms with E-state index in [-0.39, 0.29) is 17.4 Å². The summed E-state index contributed by atoms with van der Waals surface area (Å²) in [5.74, 6) is 0.770. The van der Waals surface area contributed by atoms with Crippen molar-refractivity contribution >= 4 is 5.91 Å². The van der Waals surface area contributed by atoms with Crippen molar-refractivity contribution in [2.24, 2.45) is 5.73 Å². The number of carbonyl (C=O) groups excluding carboxylic acids is 1. The van der Waals surface area contributed by atoms with Gasteiger partial charge in [0.1, 0.15) is 6.04 Å². The van der Waals surface area contributed by atoms with E-state index >= 15 is 0 Å². The van der Waals surface area contributed by atoms with Crippen LogP contribution in [-0.4, -0.2) is 22.1 Å². The molecule has 0 saturated heterocycles. The van der Waals surface area contributed by atoms with Crippen LogP contribution in [0.1, 0.15) is 52.4 Å². The monoisotopic (exact) mass is 240 g/mol. The lowest BCUT2D eigenvalue weighted by Crippen LogP contribution is -2.39. The van der Waals surface area contributed by atoms with Crippen LogP contribution < -0.4 is 11.1 Å². The van der Waals surface area contributed by atoms with Gasteiger partial charge in [-0.2, -0.15) is 4.98 Å². The molecule has 0 aliphatic carbocycles. The quantitative estimate of drug-likeness (QED) is 0.818. The molecule has 96 valence electrons. The summed E-state index contributed by atoms with van der Waals surface area (Å²) in [6, 6.07) is -0.889. The van der Waals surface area contributed by atoms with Crippen LogP contribution >= 0.6 is 0 Å². The van der Waals surface area contributed by atoms with E-state index in [0.717, 1.165) is 0 Å². The second-order valence-corrected chi connectivity index (χ2v) is 5.23. The number of carbonyl (C=O) groups is 1. The predicted molar refractivity (Wildman–Crippen MR) is 63.2 cm³/mol. The van der Waals surface area contributed by atoms with Crippen LogP contribution in [0.15, 0.2) is 4.52 Å². The Balaban J connectivity index is 2.74. The van der Waals surface area contributed by atoms with Crippen molar-refractivity contribution in [1.82, 2.24) is 15.5 Å². The molecule has 0 saturated carbocycles. The fourth-order valence-corrected chi connectivity index (χ4v) is 1.12. The average Bonchev–Trinajstić information content (AvgIpc) is 2.65. The van der Waals surface area contributed by atoms with Crippen molar-refractivity contribution in [3.8, 4) is 0 Å². The summed E-state index contributed by atoms with van der Waals surface area (Å²) in [5.41, 5.74) is 5.28. The third kappa shape index (κ3) is 3.52. The summed E-state index contributed by atoms with van der Waals surface area (Å²) in [5, 5.41) is 6.59. The molecule has 17 heavy (non-hydrogen) atoms. The minimum absolute atomic E-state index is 0.174. The predicted octanol–water partition coefficient (Wildman–Crippen LogP) is 0.891. The van der Waals surface area contributed by atoms with Crippen LogP contribution in [0.5, 0.6) is 0 Å². The van der Waals surface area contributed by atoms with Gasteiger partial charge in [-0.15, -0.1) is 0 Å². The number of nitrogens with zero attached hydrogens (tertiary/aromatic N) is 2. The van der Waals surface area contributed by atoms with E-state index < -0.39 is 6.04 Å². The zero-order valence-electron chi connectivity index (χ0n) is 10.9. The number of nitrogens with two attached hydrogens (primary N) is 1. The molecule has 0 fully saturated rings. The average molecular weight is 240 g/mol. The molecule has 6 nitrogen and oxygen atoms in total. The van der Waals surface area contributed by atoms with Gasteiger partial charge in [-0.3, -0.25) is 4.79 Å². The van der Waals surface area contributed by atoms with Crippen molar-refractivity contribution < 1.29 is 9.32 Å². The van der Waals surface area contributed by atoms with Crippen molar-refractivity contribution in [3.63, 3.8) is 0 Å². The molecule has 0 spiro atoms. The first kappa shape index (κ1) is 13.6. The number of nitrogens with one attached hydrogen (secondary N) is 1. The highest BCUT2D eigenvalue weighted by Gasteiger charge is 2.24. The lowest BCUT2D eigenvalue weighted by atomic mass is 9.96. The number of hydrogen-bond acceptors (Lipinski definition) is 5. The highest BCUT2D eigenvalue weighted by atomic mass is 16.5. The molecule has 0 aromatic carbocycles. The summed E-state index contributed by atoms with van der Waals surface area (Å²) in [6.45, 7) is 9.38. The molecular formula is C11H20N4O2. The topological polar surface area (TPSA) is 94.0 Å². The van der Waals surface area contributed by atoms with Gasteiger partial charge < -0.3 is 15.6 Å². The van der Waals surface area contributed by atoms with Crippen molar-refractivity contribution in [3.05, 3.63) is 11.7 Å². The molecule has 1 amide bonds. The molecule has 3 N–H and O–H groups in total. The van der Waals surface area contributed by atoms with E-state index in [0.29, 0.717) is 11.7 Å². The van der Waals surface area contributed by atoms with Crippen LogP contribution in [0, 0.1) is 0 Å². The molecule has 1 aromatic rings. The van der Waals surface area contributed by atoms with Gasteiger partial charge >= 0.3 is 0 Å². The van der Waals surface area contributed by atoms with Gasteiger partial charge in [-0.25, -0.2) is 0 Å². The van der Waals surface area contributed by atoms with Crippen LogP contribution in [0.4, 0.5) is 0 Å². The summed E-state index contributed by atoms with van der Waals surface area (Å²) in [4.78, 5) is 15.7. The minimum Gasteiger partial charge on any atom is -0.343 e. The summed E-state index contributed by atoms with van der Waals surface area (Å²) < 4.78 is 5.12. The summed E-state index contributed by atoms with van der Waals surface area (Å²) in [6.07, 6.45) is 0. The van der Waals surface area contributed by atoms with E-state index in [4.69, 9.17) is 10.3 Å². The number of rotatable bonds is 3. The first-order chi connectivity index (χ1) is 7.71. The standard InChI is InChI=1S/C11H20N4O2/c1-6(12)8(16)13-7(2)9-14-10(15-17-9)11(3,4)5/h6-7H,12H2,1-5H3,(H,13,16)/t6-,7?/m1/s1. The highest BCUT2D eigenvalue weighted by Crippen LogP contribution is 2.20. The fourth-order valence-electron chi connectivity index (χ4n) is 1.12. The van der Waals surface area contributed by atoms with Gasteiger partial charge in [0.15, 0.2) is 5.82 Å². The first-order valence-corrected chi connectivity index (χ1v) is 5.62. The maximum Gasteiger partial charge on any atom is 0.248 e. The van der Waals surface area contributed by atoms with Crippen molar-refractivity contribution in [2.45, 2.75) is 52.1 Å². The normalized spacial score (nSPS) is 15.4. The Hall–Kier alpha value is -1.43. The second-order valence-electron chi connectivity index (χ2n) is 5.23. The van der Waals surface area contributed by atoms with Gasteiger partial charge in [0.05, 0.1) is 6.04 Å². The molecule has 0 radical (unpaired) electrons. The summed E-state index contributed by atoms with van der Waals surface area (Å²) in [7, 11) is 0. The van der Waals surface area contributed by atoms with Gasteiger partial charge in [-0.1, -0.05) is 25.9 Å². The largest absolute Gasteiger partial charge is 0.343 e. The fraction of sp³-hybridized carbons (Fsp3) is 0.727. The molecule has 1 rings (SSSR count). The van der Waals surface area contributed by atoms with E-state index in [1.807, 2.05) is 20.8 Å². The molecule has 6 heteroatoms.